The molecule has 2 aliphatic carbocycles. The van der Waals surface area contributed by atoms with Gasteiger partial charge >= 0.3 is 0 Å². The summed E-state index contributed by atoms with van der Waals surface area (Å²) >= 11 is 0. The fourth-order valence-electron chi connectivity index (χ4n) is 5.90. The zero-order chi connectivity index (χ0) is 27.1. The molecule has 5 rings (SSSR count). The van der Waals surface area contributed by atoms with Gasteiger partial charge in [0.2, 0.25) is 17.8 Å². The van der Waals surface area contributed by atoms with Crippen molar-refractivity contribution < 1.29 is 27.8 Å². The lowest BCUT2D eigenvalue weighted by molar-refractivity contribution is -0.206. The SMILES string of the molecule is COc1ccc(Cc2nc(NC(=O)C3CC4(C3)CC(F)(F)C4)n(C)c2Cc2ccc(OC)c(OC)c2)cc1. The van der Waals surface area contributed by atoms with Crippen LogP contribution in [0.5, 0.6) is 17.2 Å². The van der Waals surface area contributed by atoms with Crippen LogP contribution in [0.25, 0.3) is 0 Å². The van der Waals surface area contributed by atoms with Gasteiger partial charge in [0.15, 0.2) is 11.5 Å². The number of alkyl halides is 2. The Kier molecular flexibility index (Phi) is 6.79. The number of nitrogens with one attached hydrogen (secondary N) is 1. The molecule has 202 valence electrons. The minimum absolute atomic E-state index is 0.104. The van der Waals surface area contributed by atoms with Gasteiger partial charge in [-0.05, 0) is 53.6 Å². The Morgan fingerprint density at radius 3 is 2.24 bits per heavy atom. The summed E-state index contributed by atoms with van der Waals surface area (Å²) in [5.41, 5.74) is 3.50. The molecule has 38 heavy (non-hydrogen) atoms. The molecule has 7 nitrogen and oxygen atoms in total. The van der Waals surface area contributed by atoms with Crippen LogP contribution in [0.1, 0.15) is 48.2 Å². The van der Waals surface area contributed by atoms with E-state index in [9.17, 15) is 13.6 Å². The average molecular weight is 526 g/mol. The maximum atomic E-state index is 13.4. The van der Waals surface area contributed by atoms with E-state index in [0.29, 0.717) is 43.1 Å². The van der Waals surface area contributed by atoms with Crippen LogP contribution in [-0.2, 0) is 24.7 Å². The van der Waals surface area contributed by atoms with Crippen LogP contribution in [0.2, 0.25) is 0 Å². The lowest BCUT2D eigenvalue weighted by atomic mass is 9.50. The number of imidazole rings is 1. The van der Waals surface area contributed by atoms with Crippen LogP contribution in [0, 0.1) is 11.3 Å². The van der Waals surface area contributed by atoms with Gasteiger partial charge in [0.05, 0.1) is 27.0 Å². The Labute approximate surface area is 221 Å². The van der Waals surface area contributed by atoms with Gasteiger partial charge in [-0.15, -0.1) is 0 Å². The summed E-state index contributed by atoms with van der Waals surface area (Å²) in [6, 6.07) is 13.6. The number of rotatable bonds is 9. The molecule has 1 spiro atoms. The molecular weight excluding hydrogens is 492 g/mol. The van der Waals surface area contributed by atoms with Gasteiger partial charge in [-0.3, -0.25) is 10.1 Å². The normalized spacial score (nSPS) is 17.4. The van der Waals surface area contributed by atoms with E-state index in [-0.39, 0.29) is 30.1 Å². The smallest absolute Gasteiger partial charge is 0.249 e. The van der Waals surface area contributed by atoms with Crippen molar-refractivity contribution in [1.82, 2.24) is 9.55 Å². The third-order valence-corrected chi connectivity index (χ3v) is 7.88. The Morgan fingerprint density at radius 1 is 0.974 bits per heavy atom. The van der Waals surface area contributed by atoms with Gasteiger partial charge < -0.3 is 18.8 Å². The van der Waals surface area contributed by atoms with Crippen LogP contribution in [0.3, 0.4) is 0 Å². The maximum absolute atomic E-state index is 13.4. The van der Waals surface area contributed by atoms with Crippen molar-refractivity contribution in [1.29, 1.82) is 0 Å². The number of aromatic nitrogens is 2. The number of carbonyl (C=O) groups is 1. The fraction of sp³-hybridized carbons (Fsp3) is 0.448. The number of benzene rings is 2. The predicted molar refractivity (Wildman–Crippen MR) is 139 cm³/mol. The van der Waals surface area contributed by atoms with E-state index >= 15 is 0 Å². The molecule has 0 aliphatic heterocycles. The molecule has 2 saturated carbocycles. The van der Waals surface area contributed by atoms with E-state index < -0.39 is 5.92 Å². The molecule has 2 fully saturated rings. The first-order valence-electron chi connectivity index (χ1n) is 12.7. The number of ether oxygens (including phenoxy) is 3. The zero-order valence-corrected chi connectivity index (χ0v) is 22.1. The number of hydrogen-bond donors (Lipinski definition) is 1. The van der Waals surface area contributed by atoms with E-state index in [1.54, 1.807) is 21.3 Å². The number of carbonyl (C=O) groups excluding carboxylic acids is 1. The molecule has 2 aliphatic rings. The summed E-state index contributed by atoms with van der Waals surface area (Å²) in [5.74, 6) is -0.483. The number of hydrogen-bond acceptors (Lipinski definition) is 5. The summed E-state index contributed by atoms with van der Waals surface area (Å²) in [5, 5.41) is 2.97. The molecule has 3 aromatic rings. The molecule has 2 aromatic carbocycles. The van der Waals surface area contributed by atoms with Gasteiger partial charge in [0.25, 0.3) is 0 Å². The van der Waals surface area contributed by atoms with Crippen molar-refractivity contribution in [2.24, 2.45) is 18.4 Å². The predicted octanol–water partition coefficient (Wildman–Crippen LogP) is 5.39. The molecular formula is C29H33F2N3O4. The van der Waals surface area contributed by atoms with E-state index in [1.807, 2.05) is 54.1 Å². The number of halogens is 2. The van der Waals surface area contributed by atoms with Crippen molar-refractivity contribution in [2.45, 2.75) is 44.4 Å². The average Bonchev–Trinajstić information content (AvgIpc) is 3.14. The minimum atomic E-state index is -2.57. The molecule has 0 saturated heterocycles. The van der Waals surface area contributed by atoms with Crippen LogP contribution in [-0.4, -0.2) is 42.7 Å². The lowest BCUT2D eigenvalue weighted by Crippen LogP contribution is -2.55. The van der Waals surface area contributed by atoms with Gasteiger partial charge in [0, 0.05) is 44.3 Å². The van der Waals surface area contributed by atoms with Crippen LogP contribution in [0.4, 0.5) is 14.7 Å². The molecule has 0 atom stereocenters. The Bertz CT molecular complexity index is 1320. The molecule has 1 amide bonds. The second-order valence-electron chi connectivity index (χ2n) is 10.6. The molecule has 0 bridgehead atoms. The Balaban J connectivity index is 1.38. The highest BCUT2D eigenvalue weighted by Crippen LogP contribution is 2.64. The highest BCUT2D eigenvalue weighted by atomic mass is 19.3. The van der Waals surface area contributed by atoms with Crippen molar-refractivity contribution in [2.75, 3.05) is 26.6 Å². The second-order valence-corrected chi connectivity index (χ2v) is 10.6. The van der Waals surface area contributed by atoms with Crippen molar-refractivity contribution in [3.63, 3.8) is 0 Å². The molecule has 9 heteroatoms. The number of anilines is 1. The number of nitrogens with zero attached hydrogens (tertiary/aromatic N) is 2. The van der Waals surface area contributed by atoms with E-state index in [0.717, 1.165) is 28.3 Å². The van der Waals surface area contributed by atoms with Gasteiger partial charge in [-0.1, -0.05) is 18.2 Å². The molecule has 1 aromatic heterocycles. The summed E-state index contributed by atoms with van der Waals surface area (Å²) < 4.78 is 44.8. The summed E-state index contributed by atoms with van der Waals surface area (Å²) in [4.78, 5) is 17.8. The van der Waals surface area contributed by atoms with Crippen LogP contribution < -0.4 is 19.5 Å². The summed E-state index contributed by atoms with van der Waals surface area (Å²) in [6.07, 6.45) is 1.94. The molecule has 0 radical (unpaired) electrons. The standard InChI is InChI=1S/C29H33F2N3O4/c1-34-23(12-19-7-10-24(37-3)25(13-19)38-4)22(11-18-5-8-21(36-2)9-6-18)32-27(34)33-26(35)20-14-28(15-20)16-29(30,31)17-28/h5-10,13,20H,11-12,14-17H2,1-4H3,(H,32,33,35). The first-order chi connectivity index (χ1) is 18.1. The lowest BCUT2D eigenvalue weighted by Gasteiger charge is -2.56. The fourth-order valence-corrected chi connectivity index (χ4v) is 5.90. The third kappa shape index (κ3) is 5.06. The van der Waals surface area contributed by atoms with Crippen molar-refractivity contribution in [3.05, 3.63) is 65.0 Å². The first-order valence-corrected chi connectivity index (χ1v) is 12.7. The van der Waals surface area contributed by atoms with Gasteiger partial charge in [-0.2, -0.15) is 0 Å². The van der Waals surface area contributed by atoms with E-state index in [1.165, 1.54) is 0 Å². The summed E-state index contributed by atoms with van der Waals surface area (Å²) in [6.45, 7) is 0. The number of amides is 1. The Morgan fingerprint density at radius 2 is 1.63 bits per heavy atom. The zero-order valence-electron chi connectivity index (χ0n) is 22.1. The molecule has 1 N–H and O–H groups in total. The van der Waals surface area contributed by atoms with Gasteiger partial charge in [-0.25, -0.2) is 13.8 Å². The number of methoxy groups -OCH3 is 3. The largest absolute Gasteiger partial charge is 0.497 e. The summed E-state index contributed by atoms with van der Waals surface area (Å²) in [7, 11) is 6.71. The van der Waals surface area contributed by atoms with Gasteiger partial charge in [0.1, 0.15) is 5.75 Å². The van der Waals surface area contributed by atoms with E-state index in [4.69, 9.17) is 19.2 Å². The second kappa shape index (κ2) is 9.93. The molecule has 1 heterocycles. The highest BCUT2D eigenvalue weighted by molar-refractivity contribution is 5.92. The van der Waals surface area contributed by atoms with Crippen LogP contribution in [0.15, 0.2) is 42.5 Å². The van der Waals surface area contributed by atoms with E-state index in [2.05, 4.69) is 5.32 Å². The topological polar surface area (TPSA) is 74.6 Å². The first kappa shape index (κ1) is 26.0. The minimum Gasteiger partial charge on any atom is -0.497 e. The van der Waals surface area contributed by atoms with Crippen molar-refractivity contribution in [3.8, 4) is 17.2 Å². The Hall–Kier alpha value is -3.62. The maximum Gasteiger partial charge on any atom is 0.249 e. The monoisotopic (exact) mass is 525 g/mol. The van der Waals surface area contributed by atoms with Crippen LogP contribution >= 0.6 is 0 Å². The van der Waals surface area contributed by atoms with Crippen molar-refractivity contribution >= 4 is 11.9 Å². The third-order valence-electron chi connectivity index (χ3n) is 7.88. The highest BCUT2D eigenvalue weighted by Gasteiger charge is 2.62. The molecule has 0 unspecified atom stereocenters. The quantitative estimate of drug-likeness (QED) is 0.405.